The normalized spacial score (nSPS) is 13.5. The van der Waals surface area contributed by atoms with Crippen molar-refractivity contribution in [3.8, 4) is 0 Å². The molecule has 1 atom stereocenters. The zero-order valence-electron chi connectivity index (χ0n) is 9.50. The summed E-state index contributed by atoms with van der Waals surface area (Å²) < 4.78 is 0. The van der Waals surface area contributed by atoms with Gasteiger partial charge in [0.2, 0.25) is 0 Å². The molecule has 0 amide bonds. The number of aromatic nitrogens is 1. The molecule has 80 valence electrons. The van der Waals surface area contributed by atoms with E-state index in [2.05, 4.69) is 31.1 Å². The van der Waals surface area contributed by atoms with Gasteiger partial charge in [-0.15, -0.1) is 11.3 Å². The number of rotatable bonds is 5. The Hall–Kier alpha value is -0.410. The zero-order valence-corrected chi connectivity index (χ0v) is 10.3. The molecule has 0 fully saturated rings. The number of nitrogens with zero attached hydrogens (tertiary/aromatic N) is 1. The van der Waals surface area contributed by atoms with Gasteiger partial charge in [-0.1, -0.05) is 26.7 Å². The van der Waals surface area contributed by atoms with Crippen LogP contribution in [0.2, 0.25) is 0 Å². The van der Waals surface area contributed by atoms with Gasteiger partial charge in [-0.3, -0.25) is 0 Å². The lowest BCUT2D eigenvalue weighted by molar-refractivity contribution is 0.364. The van der Waals surface area contributed by atoms with Crippen LogP contribution in [0.5, 0.6) is 0 Å². The first-order chi connectivity index (χ1) is 6.72. The molecule has 0 saturated carbocycles. The van der Waals surface area contributed by atoms with Crippen molar-refractivity contribution in [3.63, 3.8) is 0 Å². The summed E-state index contributed by atoms with van der Waals surface area (Å²) in [6, 6.07) is 0.483. The lowest BCUT2D eigenvalue weighted by Crippen LogP contribution is -2.23. The highest BCUT2D eigenvalue weighted by atomic mass is 32.1. The summed E-state index contributed by atoms with van der Waals surface area (Å²) in [6.07, 6.45) is 4.46. The maximum Gasteiger partial charge on any atom is 0.0897 e. The van der Waals surface area contributed by atoms with Crippen LogP contribution in [-0.2, 0) is 0 Å². The number of aryl methyl sites for hydroxylation is 1. The minimum Gasteiger partial charge on any atom is -0.312 e. The predicted molar refractivity (Wildman–Crippen MR) is 62.7 cm³/mol. The molecule has 0 aliphatic carbocycles. The van der Waals surface area contributed by atoms with Gasteiger partial charge in [0.25, 0.3) is 0 Å². The molecule has 0 aliphatic heterocycles. The van der Waals surface area contributed by atoms with Gasteiger partial charge >= 0.3 is 0 Å². The Morgan fingerprint density at radius 2 is 2.07 bits per heavy atom. The molecular formula is C11H20N2S. The number of thiazole rings is 1. The van der Waals surface area contributed by atoms with Crippen LogP contribution in [0.15, 0.2) is 6.20 Å². The molecule has 0 radical (unpaired) electrons. The molecule has 3 heteroatoms. The first kappa shape index (κ1) is 11.7. The van der Waals surface area contributed by atoms with Crippen molar-refractivity contribution in [1.82, 2.24) is 10.3 Å². The molecule has 1 unspecified atom stereocenters. The largest absolute Gasteiger partial charge is 0.312 e. The smallest absolute Gasteiger partial charge is 0.0897 e. The Balaban J connectivity index is 2.80. The molecule has 1 rings (SSSR count). The Morgan fingerprint density at radius 3 is 2.43 bits per heavy atom. The van der Waals surface area contributed by atoms with Crippen LogP contribution in [0.25, 0.3) is 0 Å². The van der Waals surface area contributed by atoms with Gasteiger partial charge in [0.15, 0.2) is 0 Å². The average molecular weight is 212 g/mol. The van der Waals surface area contributed by atoms with Gasteiger partial charge < -0.3 is 5.32 Å². The van der Waals surface area contributed by atoms with E-state index < -0.39 is 0 Å². The second kappa shape index (κ2) is 5.47. The number of nitrogens with one attached hydrogen (secondary N) is 1. The maximum absolute atomic E-state index is 4.31. The Labute approximate surface area is 90.8 Å². The van der Waals surface area contributed by atoms with Gasteiger partial charge in [0.05, 0.1) is 5.01 Å². The number of hydrogen-bond donors (Lipinski definition) is 1. The second-order valence-corrected chi connectivity index (χ2v) is 4.89. The molecule has 1 N–H and O–H groups in total. The molecular weight excluding hydrogens is 192 g/mol. The SMILES string of the molecule is CCC(CC)C(NC)c1cnc(C)s1. The third-order valence-electron chi connectivity index (χ3n) is 2.78. The van der Waals surface area contributed by atoms with Crippen LogP contribution in [0.3, 0.4) is 0 Å². The Morgan fingerprint density at radius 1 is 1.43 bits per heavy atom. The molecule has 0 aliphatic rings. The van der Waals surface area contributed by atoms with Crippen molar-refractivity contribution in [2.75, 3.05) is 7.05 Å². The highest BCUT2D eigenvalue weighted by Crippen LogP contribution is 2.30. The quantitative estimate of drug-likeness (QED) is 0.811. The topological polar surface area (TPSA) is 24.9 Å². The summed E-state index contributed by atoms with van der Waals surface area (Å²) in [5.74, 6) is 0.722. The zero-order chi connectivity index (χ0) is 10.6. The molecule has 0 bridgehead atoms. The molecule has 1 aromatic rings. The lowest BCUT2D eigenvalue weighted by atomic mass is 9.93. The second-order valence-electron chi connectivity index (χ2n) is 3.62. The lowest BCUT2D eigenvalue weighted by Gasteiger charge is -2.23. The standard InChI is InChI=1S/C11H20N2S/c1-5-9(6-2)11(12-4)10-7-13-8(3)14-10/h7,9,11-12H,5-6H2,1-4H3. The Bertz CT molecular complexity index is 266. The fourth-order valence-electron chi connectivity index (χ4n) is 1.89. The fourth-order valence-corrected chi connectivity index (χ4v) is 2.88. The first-order valence-electron chi connectivity index (χ1n) is 5.32. The van der Waals surface area contributed by atoms with E-state index in [0.717, 1.165) is 10.9 Å². The fraction of sp³-hybridized carbons (Fsp3) is 0.727. The van der Waals surface area contributed by atoms with Crippen molar-refractivity contribution in [2.24, 2.45) is 5.92 Å². The summed E-state index contributed by atoms with van der Waals surface area (Å²) in [5.41, 5.74) is 0. The van der Waals surface area contributed by atoms with Crippen LogP contribution < -0.4 is 5.32 Å². The average Bonchev–Trinajstić information content (AvgIpc) is 2.60. The predicted octanol–water partition coefficient (Wildman–Crippen LogP) is 3.15. The van der Waals surface area contributed by atoms with Crippen LogP contribution in [0, 0.1) is 12.8 Å². The van der Waals surface area contributed by atoms with E-state index >= 15 is 0 Å². The van der Waals surface area contributed by atoms with E-state index in [0.29, 0.717) is 6.04 Å². The highest BCUT2D eigenvalue weighted by Gasteiger charge is 2.20. The Kier molecular flexibility index (Phi) is 4.55. The molecule has 0 spiro atoms. The molecule has 0 saturated heterocycles. The van der Waals surface area contributed by atoms with Crippen LogP contribution >= 0.6 is 11.3 Å². The molecule has 0 aromatic carbocycles. The van der Waals surface area contributed by atoms with Gasteiger partial charge in [-0.25, -0.2) is 4.98 Å². The van der Waals surface area contributed by atoms with Gasteiger partial charge in [-0.2, -0.15) is 0 Å². The van der Waals surface area contributed by atoms with Crippen molar-refractivity contribution < 1.29 is 0 Å². The molecule has 1 heterocycles. The van der Waals surface area contributed by atoms with Gasteiger partial charge in [0.1, 0.15) is 0 Å². The van der Waals surface area contributed by atoms with E-state index in [1.807, 2.05) is 13.2 Å². The maximum atomic E-state index is 4.31. The van der Waals surface area contributed by atoms with Crippen molar-refractivity contribution in [2.45, 2.75) is 39.7 Å². The summed E-state index contributed by atoms with van der Waals surface area (Å²) >= 11 is 1.81. The van der Waals surface area contributed by atoms with Gasteiger partial charge in [-0.05, 0) is 19.9 Å². The number of hydrogen-bond acceptors (Lipinski definition) is 3. The third-order valence-corrected chi connectivity index (χ3v) is 3.77. The minimum absolute atomic E-state index is 0.483. The van der Waals surface area contributed by atoms with E-state index in [9.17, 15) is 0 Å². The summed E-state index contributed by atoms with van der Waals surface area (Å²) in [6.45, 7) is 6.58. The van der Waals surface area contributed by atoms with E-state index in [-0.39, 0.29) is 0 Å². The van der Waals surface area contributed by atoms with E-state index in [4.69, 9.17) is 0 Å². The van der Waals surface area contributed by atoms with E-state index in [1.54, 1.807) is 11.3 Å². The summed E-state index contributed by atoms with van der Waals surface area (Å²) in [4.78, 5) is 5.69. The molecule has 2 nitrogen and oxygen atoms in total. The third kappa shape index (κ3) is 2.55. The highest BCUT2D eigenvalue weighted by molar-refractivity contribution is 7.11. The van der Waals surface area contributed by atoms with Gasteiger partial charge in [0, 0.05) is 17.1 Å². The van der Waals surface area contributed by atoms with Crippen LogP contribution in [-0.4, -0.2) is 12.0 Å². The molecule has 14 heavy (non-hydrogen) atoms. The van der Waals surface area contributed by atoms with Crippen LogP contribution in [0.4, 0.5) is 0 Å². The summed E-state index contributed by atoms with van der Waals surface area (Å²) in [7, 11) is 2.04. The minimum atomic E-state index is 0.483. The first-order valence-corrected chi connectivity index (χ1v) is 6.14. The van der Waals surface area contributed by atoms with E-state index in [1.165, 1.54) is 17.7 Å². The van der Waals surface area contributed by atoms with Crippen LogP contribution in [0.1, 0.15) is 42.6 Å². The monoisotopic (exact) mass is 212 g/mol. The molecule has 1 aromatic heterocycles. The van der Waals surface area contributed by atoms with Crippen molar-refractivity contribution in [1.29, 1.82) is 0 Å². The van der Waals surface area contributed by atoms with Crippen molar-refractivity contribution >= 4 is 11.3 Å². The summed E-state index contributed by atoms with van der Waals surface area (Å²) in [5, 5.41) is 4.56. The van der Waals surface area contributed by atoms with Crippen molar-refractivity contribution in [3.05, 3.63) is 16.1 Å².